The smallest absolute Gasteiger partial charge is 0.253 e. The summed E-state index contributed by atoms with van der Waals surface area (Å²) in [6.45, 7) is 2.38. The summed E-state index contributed by atoms with van der Waals surface area (Å²) in [7, 11) is 1.77. The van der Waals surface area contributed by atoms with Crippen LogP contribution in [-0.4, -0.2) is 40.2 Å². The molecule has 1 aromatic heterocycles. The quantitative estimate of drug-likeness (QED) is 0.898. The number of carbonyl (C=O) groups is 1. The number of amides is 1. The molecular weight excluding hydrogens is 240 g/mol. The number of aromatic nitrogens is 2. The van der Waals surface area contributed by atoms with Crippen LogP contribution in [0.3, 0.4) is 0 Å². The maximum atomic E-state index is 12.2. The van der Waals surface area contributed by atoms with E-state index < -0.39 is 0 Å². The van der Waals surface area contributed by atoms with Crippen LogP contribution in [-0.2, 0) is 0 Å². The van der Waals surface area contributed by atoms with Crippen molar-refractivity contribution in [3.63, 3.8) is 0 Å². The predicted molar refractivity (Wildman–Crippen MR) is 74.2 cm³/mol. The van der Waals surface area contributed by atoms with Gasteiger partial charge in [-0.1, -0.05) is 0 Å². The van der Waals surface area contributed by atoms with Crippen LogP contribution in [0.5, 0.6) is 0 Å². The third-order valence-electron chi connectivity index (χ3n) is 3.21. The third-order valence-corrected chi connectivity index (χ3v) is 3.21. The monoisotopic (exact) mass is 258 g/mol. The summed E-state index contributed by atoms with van der Waals surface area (Å²) in [6.07, 6.45) is 3.58. The minimum atomic E-state index is -0.0232. The Morgan fingerprint density at radius 2 is 2.11 bits per heavy atom. The summed E-state index contributed by atoms with van der Waals surface area (Å²) < 4.78 is 1.75. The van der Waals surface area contributed by atoms with Crippen LogP contribution in [0, 0.1) is 0 Å². The van der Waals surface area contributed by atoms with Crippen molar-refractivity contribution in [3.8, 4) is 5.69 Å². The summed E-state index contributed by atoms with van der Waals surface area (Å²) >= 11 is 0. The molecule has 2 N–H and O–H groups in total. The lowest BCUT2D eigenvalue weighted by molar-refractivity contribution is 0.0748. The number of rotatable bonds is 4. The third kappa shape index (κ3) is 2.82. The van der Waals surface area contributed by atoms with Crippen LogP contribution in [0.25, 0.3) is 5.69 Å². The van der Waals surface area contributed by atoms with Crippen molar-refractivity contribution < 1.29 is 4.79 Å². The van der Waals surface area contributed by atoms with Crippen molar-refractivity contribution in [2.45, 2.75) is 13.0 Å². The molecule has 2 aromatic rings. The number of nitrogens with zero attached hydrogens (tertiary/aromatic N) is 3. The van der Waals surface area contributed by atoms with E-state index in [1.165, 1.54) is 0 Å². The second-order valence-electron chi connectivity index (χ2n) is 4.50. The first-order valence-electron chi connectivity index (χ1n) is 6.21. The van der Waals surface area contributed by atoms with Crippen LogP contribution >= 0.6 is 0 Å². The fourth-order valence-electron chi connectivity index (χ4n) is 1.74. The first-order chi connectivity index (χ1) is 9.13. The van der Waals surface area contributed by atoms with Gasteiger partial charge in [0.25, 0.3) is 5.91 Å². The second kappa shape index (κ2) is 5.67. The zero-order valence-electron chi connectivity index (χ0n) is 11.2. The minimum absolute atomic E-state index is 0.0232. The highest BCUT2D eigenvalue weighted by atomic mass is 16.2. The summed E-state index contributed by atoms with van der Waals surface area (Å²) in [6, 6.07) is 9.24. The largest absolute Gasteiger partial charge is 0.338 e. The SMILES string of the molecule is CC(CN)N(C)C(=O)c1ccc(-n2cccn2)cc1. The molecule has 5 heteroatoms. The van der Waals surface area contributed by atoms with E-state index in [4.69, 9.17) is 5.73 Å². The van der Waals surface area contributed by atoms with Crippen molar-refractivity contribution in [1.29, 1.82) is 0 Å². The van der Waals surface area contributed by atoms with Crippen molar-refractivity contribution in [2.24, 2.45) is 5.73 Å². The van der Waals surface area contributed by atoms with Gasteiger partial charge in [-0.05, 0) is 37.3 Å². The zero-order valence-corrected chi connectivity index (χ0v) is 11.2. The number of nitrogens with two attached hydrogens (primary N) is 1. The maximum Gasteiger partial charge on any atom is 0.253 e. The molecule has 0 saturated carbocycles. The standard InChI is InChI=1S/C14H18N4O/c1-11(10-15)17(2)14(19)12-4-6-13(7-5-12)18-9-3-8-16-18/h3-9,11H,10,15H2,1-2H3. The molecule has 0 radical (unpaired) electrons. The molecule has 1 unspecified atom stereocenters. The Bertz CT molecular complexity index is 533. The van der Waals surface area contributed by atoms with Crippen LogP contribution in [0.1, 0.15) is 17.3 Å². The average molecular weight is 258 g/mol. The Morgan fingerprint density at radius 1 is 1.42 bits per heavy atom. The summed E-state index contributed by atoms with van der Waals surface area (Å²) in [5.41, 5.74) is 7.15. The van der Waals surface area contributed by atoms with Crippen LogP contribution < -0.4 is 5.73 Å². The topological polar surface area (TPSA) is 64.2 Å². The Labute approximate surface area is 112 Å². The van der Waals surface area contributed by atoms with Gasteiger partial charge in [0, 0.05) is 37.6 Å². The van der Waals surface area contributed by atoms with Crippen molar-refractivity contribution in [1.82, 2.24) is 14.7 Å². The highest BCUT2D eigenvalue weighted by molar-refractivity contribution is 5.94. The van der Waals surface area contributed by atoms with Gasteiger partial charge in [-0.2, -0.15) is 5.10 Å². The van der Waals surface area contributed by atoms with Crippen LogP contribution in [0.15, 0.2) is 42.7 Å². The van der Waals surface area contributed by atoms with Gasteiger partial charge >= 0.3 is 0 Å². The van der Waals surface area contributed by atoms with Crippen LogP contribution in [0.2, 0.25) is 0 Å². The van der Waals surface area contributed by atoms with Gasteiger partial charge in [0.2, 0.25) is 0 Å². The molecule has 2 rings (SSSR count). The van der Waals surface area contributed by atoms with Gasteiger partial charge < -0.3 is 10.6 Å². The molecule has 5 nitrogen and oxygen atoms in total. The summed E-state index contributed by atoms with van der Waals surface area (Å²) in [5.74, 6) is -0.0232. The van der Waals surface area contributed by atoms with Gasteiger partial charge in [0.15, 0.2) is 0 Å². The Morgan fingerprint density at radius 3 is 2.63 bits per heavy atom. The normalized spacial score (nSPS) is 12.2. The zero-order chi connectivity index (χ0) is 13.8. The maximum absolute atomic E-state index is 12.2. The molecule has 100 valence electrons. The molecule has 0 fully saturated rings. The van der Waals surface area contributed by atoms with E-state index in [9.17, 15) is 4.79 Å². The molecule has 0 aliphatic carbocycles. The predicted octanol–water partition coefficient (Wildman–Crippen LogP) is 1.29. The minimum Gasteiger partial charge on any atom is -0.338 e. The Kier molecular flexibility index (Phi) is 3.97. The van der Waals surface area contributed by atoms with E-state index in [1.807, 2.05) is 31.3 Å². The molecule has 1 amide bonds. The van der Waals surface area contributed by atoms with E-state index in [0.29, 0.717) is 12.1 Å². The molecule has 0 aliphatic heterocycles. The Balaban J connectivity index is 2.17. The van der Waals surface area contributed by atoms with E-state index in [1.54, 1.807) is 35.0 Å². The molecule has 0 spiro atoms. The second-order valence-corrected chi connectivity index (χ2v) is 4.50. The van der Waals surface area contributed by atoms with Gasteiger partial charge in [-0.15, -0.1) is 0 Å². The van der Waals surface area contributed by atoms with E-state index >= 15 is 0 Å². The highest BCUT2D eigenvalue weighted by Crippen LogP contribution is 2.11. The van der Waals surface area contributed by atoms with Crippen molar-refractivity contribution in [3.05, 3.63) is 48.3 Å². The lowest BCUT2D eigenvalue weighted by Gasteiger charge is -2.23. The van der Waals surface area contributed by atoms with E-state index in [0.717, 1.165) is 5.69 Å². The van der Waals surface area contributed by atoms with Crippen molar-refractivity contribution >= 4 is 5.91 Å². The first kappa shape index (κ1) is 13.3. The lowest BCUT2D eigenvalue weighted by Crippen LogP contribution is -2.39. The summed E-state index contributed by atoms with van der Waals surface area (Å²) in [5, 5.41) is 4.14. The number of hydrogen-bond donors (Lipinski definition) is 1. The molecule has 1 heterocycles. The number of carbonyl (C=O) groups excluding carboxylic acids is 1. The lowest BCUT2D eigenvalue weighted by atomic mass is 10.1. The first-order valence-corrected chi connectivity index (χ1v) is 6.21. The molecule has 1 aromatic carbocycles. The molecule has 1 atom stereocenters. The van der Waals surface area contributed by atoms with E-state index in [2.05, 4.69) is 5.10 Å². The molecule has 0 bridgehead atoms. The summed E-state index contributed by atoms with van der Waals surface area (Å²) in [4.78, 5) is 13.8. The molecule has 0 aliphatic rings. The Hall–Kier alpha value is -2.14. The van der Waals surface area contributed by atoms with Gasteiger partial charge in [-0.3, -0.25) is 4.79 Å². The van der Waals surface area contributed by atoms with Gasteiger partial charge in [0.05, 0.1) is 5.69 Å². The number of hydrogen-bond acceptors (Lipinski definition) is 3. The molecule has 19 heavy (non-hydrogen) atoms. The van der Waals surface area contributed by atoms with Gasteiger partial charge in [-0.25, -0.2) is 4.68 Å². The number of likely N-dealkylation sites (N-methyl/N-ethyl adjacent to an activating group) is 1. The fraction of sp³-hybridized carbons (Fsp3) is 0.286. The van der Waals surface area contributed by atoms with E-state index in [-0.39, 0.29) is 11.9 Å². The van der Waals surface area contributed by atoms with Gasteiger partial charge in [0.1, 0.15) is 0 Å². The molecule has 0 saturated heterocycles. The van der Waals surface area contributed by atoms with Crippen molar-refractivity contribution in [2.75, 3.05) is 13.6 Å². The molecular formula is C14H18N4O. The highest BCUT2D eigenvalue weighted by Gasteiger charge is 2.16. The number of benzene rings is 1. The van der Waals surface area contributed by atoms with Crippen LogP contribution in [0.4, 0.5) is 0 Å². The average Bonchev–Trinajstić information content (AvgIpc) is 2.99. The fourth-order valence-corrected chi connectivity index (χ4v) is 1.74.